The molecule has 9 nitrogen and oxygen atoms in total. The number of likely N-dealkylation sites (tertiary alicyclic amines) is 1. The Morgan fingerprint density at radius 2 is 1.80 bits per heavy atom. The fourth-order valence-corrected chi connectivity index (χ4v) is 5.86. The Morgan fingerprint density at radius 3 is 2.49 bits per heavy atom. The maximum Gasteiger partial charge on any atom is 0.243 e. The number of hydrazine groups is 2. The van der Waals surface area contributed by atoms with E-state index in [0.717, 1.165) is 37.6 Å². The van der Waals surface area contributed by atoms with Gasteiger partial charge >= 0.3 is 0 Å². The summed E-state index contributed by atoms with van der Waals surface area (Å²) in [5.41, 5.74) is 8.72. The summed E-state index contributed by atoms with van der Waals surface area (Å²) in [5.74, 6) is -0.258. The molecule has 5 rings (SSSR count). The third-order valence-electron chi connectivity index (χ3n) is 7.98. The van der Waals surface area contributed by atoms with Gasteiger partial charge in [0.25, 0.3) is 0 Å². The van der Waals surface area contributed by atoms with E-state index in [0.29, 0.717) is 16.8 Å². The molecular formula is C30H39F2N7O2. The number of rotatable bonds is 8. The summed E-state index contributed by atoms with van der Waals surface area (Å²) in [7, 11) is 1.87. The van der Waals surface area contributed by atoms with Crippen LogP contribution in [0, 0.1) is 5.82 Å². The van der Waals surface area contributed by atoms with Crippen molar-refractivity contribution in [2.75, 3.05) is 39.8 Å². The molecule has 3 heterocycles. The number of piperazine rings is 1. The minimum atomic E-state index is -1.31. The SMILES string of the molecule is CC(C)c1ccc([C@@H](NC(=O)[C@@H]2C[C@@H](F)CN2C(=O)CC2=C(N3CCNCC3)N(C)NN2)c2ccccc2)cc1F. The van der Waals surface area contributed by atoms with Crippen molar-refractivity contribution in [1.82, 2.24) is 36.4 Å². The number of halogens is 2. The molecule has 3 aliphatic heterocycles. The van der Waals surface area contributed by atoms with E-state index in [2.05, 4.69) is 26.5 Å². The molecule has 2 amide bonds. The average molecular weight is 568 g/mol. The van der Waals surface area contributed by atoms with E-state index >= 15 is 0 Å². The molecule has 2 aromatic carbocycles. The molecule has 0 bridgehead atoms. The minimum absolute atomic E-state index is 0.00289. The first kappa shape index (κ1) is 28.8. The summed E-state index contributed by atoms with van der Waals surface area (Å²) >= 11 is 0. The second-order valence-electron chi connectivity index (χ2n) is 11.2. The quantitative estimate of drug-likeness (QED) is 0.390. The Kier molecular flexibility index (Phi) is 8.74. The van der Waals surface area contributed by atoms with Gasteiger partial charge in [0.05, 0.1) is 24.7 Å². The van der Waals surface area contributed by atoms with Crippen LogP contribution < -0.4 is 21.6 Å². The fourth-order valence-electron chi connectivity index (χ4n) is 5.86. The van der Waals surface area contributed by atoms with Gasteiger partial charge in [-0.05, 0) is 28.7 Å². The van der Waals surface area contributed by atoms with Gasteiger partial charge < -0.3 is 25.9 Å². The van der Waals surface area contributed by atoms with E-state index in [4.69, 9.17) is 0 Å². The maximum absolute atomic E-state index is 15.0. The van der Waals surface area contributed by atoms with Gasteiger partial charge in [0.1, 0.15) is 23.9 Å². The summed E-state index contributed by atoms with van der Waals surface area (Å²) in [6.45, 7) is 6.96. The first-order valence-corrected chi connectivity index (χ1v) is 14.2. The van der Waals surface area contributed by atoms with Gasteiger partial charge in [0, 0.05) is 39.6 Å². The molecule has 3 atom stereocenters. The summed E-state index contributed by atoms with van der Waals surface area (Å²) in [4.78, 5) is 30.8. The van der Waals surface area contributed by atoms with Gasteiger partial charge in [-0.1, -0.05) is 56.3 Å². The van der Waals surface area contributed by atoms with Crippen molar-refractivity contribution in [3.05, 3.63) is 82.6 Å². The van der Waals surface area contributed by atoms with Crippen molar-refractivity contribution in [3.63, 3.8) is 0 Å². The van der Waals surface area contributed by atoms with Crippen LogP contribution in [0.25, 0.3) is 0 Å². The molecule has 220 valence electrons. The molecule has 2 saturated heterocycles. The second-order valence-corrected chi connectivity index (χ2v) is 11.2. The molecule has 3 aliphatic rings. The van der Waals surface area contributed by atoms with Crippen LogP contribution in [0.15, 0.2) is 60.0 Å². The standard InChI is InChI=1S/C30H39F2N7O2/c1-19(2)23-10-9-21(15-24(23)32)28(20-7-5-4-6-8-20)34-29(41)26-16-22(31)18-39(26)27(40)17-25-30(37(3)36-35-25)38-13-11-33-12-14-38/h4-10,15,19,22,26,28,33,35-36H,11-14,16-18H2,1-3H3,(H,34,41)/t22-,26+,28+/m1/s1. The number of benzene rings is 2. The molecule has 0 saturated carbocycles. The zero-order valence-corrected chi connectivity index (χ0v) is 23.8. The Bertz CT molecular complexity index is 1280. The zero-order valence-electron chi connectivity index (χ0n) is 23.8. The Balaban J connectivity index is 1.36. The molecule has 0 spiro atoms. The van der Waals surface area contributed by atoms with E-state index in [-0.39, 0.29) is 37.0 Å². The van der Waals surface area contributed by atoms with Gasteiger partial charge in [-0.25, -0.2) is 8.78 Å². The highest BCUT2D eigenvalue weighted by Gasteiger charge is 2.41. The van der Waals surface area contributed by atoms with Gasteiger partial charge in [0.2, 0.25) is 11.8 Å². The summed E-state index contributed by atoms with van der Waals surface area (Å²) in [6, 6.07) is 12.6. The van der Waals surface area contributed by atoms with Gasteiger partial charge in [-0.15, -0.1) is 5.53 Å². The number of carbonyl (C=O) groups is 2. The van der Waals surface area contributed by atoms with Crippen LogP contribution in [-0.4, -0.2) is 78.6 Å². The summed E-state index contributed by atoms with van der Waals surface area (Å²) in [6.07, 6.45) is -1.40. The van der Waals surface area contributed by atoms with E-state index in [9.17, 15) is 18.4 Å². The average Bonchev–Trinajstić information content (AvgIpc) is 3.54. The lowest BCUT2D eigenvalue weighted by Gasteiger charge is -2.33. The Morgan fingerprint density at radius 1 is 1.07 bits per heavy atom. The lowest BCUT2D eigenvalue weighted by molar-refractivity contribution is -0.138. The molecular weight excluding hydrogens is 528 g/mol. The lowest BCUT2D eigenvalue weighted by atomic mass is 9.94. The smallest absolute Gasteiger partial charge is 0.243 e. The fraction of sp³-hybridized carbons (Fsp3) is 0.467. The largest absolute Gasteiger partial charge is 0.353 e. The lowest BCUT2D eigenvalue weighted by Crippen LogP contribution is -2.47. The van der Waals surface area contributed by atoms with Crippen molar-refractivity contribution >= 4 is 11.8 Å². The van der Waals surface area contributed by atoms with Crippen LogP contribution in [0.4, 0.5) is 8.78 Å². The highest BCUT2D eigenvalue weighted by atomic mass is 19.1. The first-order chi connectivity index (χ1) is 19.7. The van der Waals surface area contributed by atoms with Gasteiger partial charge in [-0.2, -0.15) is 0 Å². The summed E-state index contributed by atoms with van der Waals surface area (Å²) in [5, 5.41) is 8.15. The van der Waals surface area contributed by atoms with Crippen LogP contribution in [0.5, 0.6) is 0 Å². The van der Waals surface area contributed by atoms with Crippen molar-refractivity contribution in [3.8, 4) is 0 Å². The number of amides is 2. The number of hydrogen-bond acceptors (Lipinski definition) is 7. The van der Waals surface area contributed by atoms with Crippen LogP contribution in [0.3, 0.4) is 0 Å². The number of hydrogen-bond donors (Lipinski definition) is 4. The Hall–Kier alpha value is -3.70. The molecule has 0 aliphatic carbocycles. The molecule has 2 fully saturated rings. The molecule has 4 N–H and O–H groups in total. The number of alkyl halides is 1. The van der Waals surface area contributed by atoms with E-state index in [1.165, 1.54) is 11.0 Å². The number of carbonyl (C=O) groups excluding carboxylic acids is 2. The maximum atomic E-state index is 15.0. The first-order valence-electron chi connectivity index (χ1n) is 14.2. The van der Waals surface area contributed by atoms with Crippen molar-refractivity contribution in [2.24, 2.45) is 0 Å². The van der Waals surface area contributed by atoms with E-state index in [1.54, 1.807) is 6.07 Å². The van der Waals surface area contributed by atoms with Crippen LogP contribution >= 0.6 is 0 Å². The minimum Gasteiger partial charge on any atom is -0.353 e. The van der Waals surface area contributed by atoms with Gasteiger partial charge in [-0.3, -0.25) is 14.6 Å². The van der Waals surface area contributed by atoms with E-state index in [1.807, 2.05) is 62.3 Å². The second kappa shape index (κ2) is 12.4. The van der Waals surface area contributed by atoms with Gasteiger partial charge in [0.15, 0.2) is 0 Å². The monoisotopic (exact) mass is 567 g/mol. The predicted octanol–water partition coefficient (Wildman–Crippen LogP) is 2.51. The summed E-state index contributed by atoms with van der Waals surface area (Å²) < 4.78 is 29.7. The number of nitrogens with zero attached hydrogens (tertiary/aromatic N) is 3. The van der Waals surface area contributed by atoms with Crippen molar-refractivity contribution in [1.29, 1.82) is 0 Å². The predicted molar refractivity (Wildman–Crippen MR) is 152 cm³/mol. The highest BCUT2D eigenvalue weighted by Crippen LogP contribution is 2.29. The van der Waals surface area contributed by atoms with E-state index < -0.39 is 24.2 Å². The molecule has 0 radical (unpaired) electrons. The normalized spacial score (nSPS) is 21.9. The number of nitrogens with one attached hydrogen (secondary N) is 4. The molecule has 2 aromatic rings. The Labute approximate surface area is 239 Å². The van der Waals surface area contributed by atoms with Crippen LogP contribution in [0.1, 0.15) is 55.3 Å². The van der Waals surface area contributed by atoms with Crippen LogP contribution in [-0.2, 0) is 9.59 Å². The third-order valence-corrected chi connectivity index (χ3v) is 7.98. The zero-order chi connectivity index (χ0) is 29.1. The molecule has 0 aromatic heterocycles. The molecule has 0 unspecified atom stereocenters. The van der Waals surface area contributed by atoms with Crippen molar-refractivity contribution in [2.45, 2.75) is 50.9 Å². The van der Waals surface area contributed by atoms with Crippen LogP contribution in [0.2, 0.25) is 0 Å². The topological polar surface area (TPSA) is 92.0 Å². The third kappa shape index (κ3) is 6.31. The molecule has 41 heavy (non-hydrogen) atoms. The van der Waals surface area contributed by atoms with Crippen molar-refractivity contribution < 1.29 is 18.4 Å². The molecule has 11 heteroatoms. The highest BCUT2D eigenvalue weighted by molar-refractivity contribution is 5.89.